The van der Waals surface area contributed by atoms with E-state index in [2.05, 4.69) is 27.1 Å². The van der Waals surface area contributed by atoms with Crippen molar-refractivity contribution in [2.75, 3.05) is 18.0 Å². The third-order valence-corrected chi connectivity index (χ3v) is 6.46. The topological polar surface area (TPSA) is 80.1 Å². The smallest absolute Gasteiger partial charge is 0.294 e. The number of benzene rings is 1. The summed E-state index contributed by atoms with van der Waals surface area (Å²) in [5.41, 5.74) is 2.32. The Balaban J connectivity index is 1.50. The van der Waals surface area contributed by atoms with Crippen LogP contribution in [0.4, 0.5) is 5.82 Å². The third-order valence-electron chi connectivity index (χ3n) is 5.42. The fraction of sp³-hybridized carbons (Fsp3) is 0.455. The van der Waals surface area contributed by atoms with Gasteiger partial charge in [0.1, 0.15) is 0 Å². The summed E-state index contributed by atoms with van der Waals surface area (Å²) in [6.45, 7) is 4.52. The van der Waals surface area contributed by atoms with Crippen molar-refractivity contribution in [1.82, 2.24) is 19.9 Å². The molecule has 1 N–H and O–H groups in total. The van der Waals surface area contributed by atoms with E-state index in [1.807, 2.05) is 29.6 Å². The fourth-order valence-electron chi connectivity index (χ4n) is 3.80. The molecule has 0 unspecified atom stereocenters. The van der Waals surface area contributed by atoms with Gasteiger partial charge in [-0.15, -0.1) is 11.3 Å². The summed E-state index contributed by atoms with van der Waals surface area (Å²) in [7, 11) is 0. The summed E-state index contributed by atoms with van der Waals surface area (Å²) in [6, 6.07) is 7.64. The largest absolute Gasteiger partial charge is 0.352 e. The van der Waals surface area contributed by atoms with Crippen molar-refractivity contribution in [2.24, 2.45) is 0 Å². The molecule has 4 rings (SSSR count). The van der Waals surface area contributed by atoms with Gasteiger partial charge in [-0.1, -0.05) is 19.1 Å². The minimum Gasteiger partial charge on any atom is -0.352 e. The normalized spacial score (nSPS) is 14.2. The molecule has 1 fully saturated rings. The van der Waals surface area contributed by atoms with Gasteiger partial charge in [-0.25, -0.2) is 9.97 Å². The van der Waals surface area contributed by atoms with Crippen molar-refractivity contribution in [3.8, 4) is 0 Å². The zero-order chi connectivity index (χ0) is 20.9. The van der Waals surface area contributed by atoms with Gasteiger partial charge >= 0.3 is 0 Å². The molecule has 0 aliphatic carbocycles. The summed E-state index contributed by atoms with van der Waals surface area (Å²) in [4.78, 5) is 36.9. The van der Waals surface area contributed by atoms with Gasteiger partial charge in [-0.05, 0) is 37.8 Å². The molecule has 0 saturated carbocycles. The van der Waals surface area contributed by atoms with Crippen molar-refractivity contribution in [3.05, 3.63) is 50.7 Å². The number of piperidine rings is 1. The molecule has 158 valence electrons. The van der Waals surface area contributed by atoms with Crippen molar-refractivity contribution in [3.63, 3.8) is 0 Å². The molecule has 7 nitrogen and oxygen atoms in total. The average molecular weight is 426 g/mol. The monoisotopic (exact) mass is 425 g/mol. The molecule has 3 aromatic rings. The average Bonchev–Trinajstić information content (AvgIpc) is 3.25. The van der Waals surface area contributed by atoms with E-state index in [1.165, 1.54) is 6.42 Å². The lowest BCUT2D eigenvalue weighted by Crippen LogP contribution is -2.37. The van der Waals surface area contributed by atoms with Crippen LogP contribution in [-0.4, -0.2) is 33.5 Å². The number of thiazole rings is 1. The Morgan fingerprint density at radius 1 is 1.17 bits per heavy atom. The van der Waals surface area contributed by atoms with Gasteiger partial charge in [0.05, 0.1) is 28.3 Å². The second kappa shape index (κ2) is 9.38. The van der Waals surface area contributed by atoms with Crippen LogP contribution in [0, 0.1) is 0 Å². The lowest BCUT2D eigenvalue weighted by Gasteiger charge is -2.27. The van der Waals surface area contributed by atoms with Crippen molar-refractivity contribution in [2.45, 2.75) is 52.1 Å². The molecule has 0 bridgehead atoms. The molecule has 1 aliphatic rings. The zero-order valence-electron chi connectivity index (χ0n) is 17.3. The predicted octanol–water partition coefficient (Wildman–Crippen LogP) is 3.11. The summed E-state index contributed by atoms with van der Waals surface area (Å²) in [5.74, 6) is 0.414. The van der Waals surface area contributed by atoms with Gasteiger partial charge in [0, 0.05) is 31.4 Å². The van der Waals surface area contributed by atoms with E-state index in [1.54, 1.807) is 15.9 Å². The number of rotatable bonds is 7. The first-order chi connectivity index (χ1) is 14.7. The number of fused-ring (bicyclic) bond motifs is 1. The number of aryl methyl sites for hydroxylation is 2. The molecule has 0 spiro atoms. The number of amides is 1. The summed E-state index contributed by atoms with van der Waals surface area (Å²) < 4.78 is 1.70. The maximum absolute atomic E-state index is 13.2. The third kappa shape index (κ3) is 4.53. The van der Waals surface area contributed by atoms with Gasteiger partial charge < -0.3 is 14.8 Å². The molecule has 3 heterocycles. The first-order valence-corrected chi connectivity index (χ1v) is 11.5. The molecule has 8 heteroatoms. The maximum Gasteiger partial charge on any atom is 0.294 e. The van der Waals surface area contributed by atoms with E-state index in [9.17, 15) is 9.59 Å². The van der Waals surface area contributed by atoms with Gasteiger partial charge in [0.15, 0.2) is 5.82 Å². The standard InChI is InChI=1S/C22H27N5O2S/c1-2-20-24-16(15-30-20)14-23-19(28)10-13-27-18-9-5-4-8-17(18)25-21(22(27)29)26-11-6-3-7-12-26/h4-5,8-9,15H,2-3,6-7,10-14H2,1H3,(H,23,28). The Kier molecular flexibility index (Phi) is 6.42. The van der Waals surface area contributed by atoms with Crippen LogP contribution in [0.1, 0.15) is 43.3 Å². The van der Waals surface area contributed by atoms with Crippen molar-refractivity contribution in [1.29, 1.82) is 0 Å². The number of para-hydroxylation sites is 2. The number of carbonyl (C=O) groups excluding carboxylic acids is 1. The van der Waals surface area contributed by atoms with Crippen LogP contribution in [0.2, 0.25) is 0 Å². The molecule has 0 radical (unpaired) electrons. The molecular formula is C22H27N5O2S. The summed E-state index contributed by atoms with van der Waals surface area (Å²) in [6.07, 6.45) is 4.48. The number of nitrogens with zero attached hydrogens (tertiary/aromatic N) is 4. The molecule has 1 aromatic carbocycles. The Hall–Kier alpha value is -2.74. The Morgan fingerprint density at radius 3 is 2.73 bits per heavy atom. The van der Waals surface area contributed by atoms with Gasteiger partial charge in [0.25, 0.3) is 5.56 Å². The van der Waals surface area contributed by atoms with E-state index >= 15 is 0 Å². The van der Waals surface area contributed by atoms with E-state index in [-0.39, 0.29) is 17.9 Å². The van der Waals surface area contributed by atoms with Gasteiger partial charge in [-0.2, -0.15) is 0 Å². The molecule has 1 amide bonds. The van der Waals surface area contributed by atoms with Gasteiger partial charge in [-0.3, -0.25) is 9.59 Å². The Labute approximate surface area is 179 Å². The van der Waals surface area contributed by atoms with Crippen molar-refractivity contribution < 1.29 is 4.79 Å². The first kappa shape index (κ1) is 20.5. The molecule has 30 heavy (non-hydrogen) atoms. The predicted molar refractivity (Wildman–Crippen MR) is 120 cm³/mol. The van der Waals surface area contributed by atoms with Crippen LogP contribution in [-0.2, 0) is 24.3 Å². The van der Waals surface area contributed by atoms with E-state index < -0.39 is 0 Å². The van der Waals surface area contributed by atoms with Crippen molar-refractivity contribution >= 4 is 34.1 Å². The van der Waals surface area contributed by atoms with Crippen LogP contribution >= 0.6 is 11.3 Å². The van der Waals surface area contributed by atoms with E-state index in [0.29, 0.717) is 18.9 Å². The Morgan fingerprint density at radius 2 is 1.97 bits per heavy atom. The highest BCUT2D eigenvalue weighted by Crippen LogP contribution is 2.18. The summed E-state index contributed by atoms with van der Waals surface area (Å²) in [5, 5.41) is 5.96. The highest BCUT2D eigenvalue weighted by Gasteiger charge is 2.19. The molecule has 1 aliphatic heterocycles. The first-order valence-electron chi connectivity index (χ1n) is 10.6. The van der Waals surface area contributed by atoms with Crippen LogP contribution in [0.3, 0.4) is 0 Å². The fourth-order valence-corrected chi connectivity index (χ4v) is 4.54. The maximum atomic E-state index is 13.2. The molecule has 0 atom stereocenters. The van der Waals surface area contributed by atoms with Crippen LogP contribution < -0.4 is 15.8 Å². The van der Waals surface area contributed by atoms with E-state index in [0.717, 1.165) is 54.1 Å². The number of hydrogen-bond donors (Lipinski definition) is 1. The minimum atomic E-state index is -0.115. The van der Waals surface area contributed by atoms with Crippen LogP contribution in [0.25, 0.3) is 11.0 Å². The van der Waals surface area contributed by atoms with E-state index in [4.69, 9.17) is 0 Å². The number of aromatic nitrogens is 3. The van der Waals surface area contributed by atoms with Gasteiger partial charge in [0.2, 0.25) is 5.91 Å². The second-order valence-electron chi connectivity index (χ2n) is 7.54. The lowest BCUT2D eigenvalue weighted by molar-refractivity contribution is -0.121. The summed E-state index contributed by atoms with van der Waals surface area (Å²) >= 11 is 1.61. The van der Waals surface area contributed by atoms with Crippen LogP contribution in [0.5, 0.6) is 0 Å². The number of carbonyl (C=O) groups is 1. The highest BCUT2D eigenvalue weighted by atomic mass is 32.1. The Bertz CT molecular complexity index is 1080. The second-order valence-corrected chi connectivity index (χ2v) is 8.48. The SMILES string of the molecule is CCc1nc(CNC(=O)CCn2c(=O)c(N3CCCCC3)nc3ccccc32)cs1. The van der Waals surface area contributed by atoms with Crippen LogP contribution in [0.15, 0.2) is 34.4 Å². The number of nitrogens with one attached hydrogen (secondary N) is 1. The quantitative estimate of drug-likeness (QED) is 0.629. The lowest BCUT2D eigenvalue weighted by atomic mass is 10.1. The zero-order valence-corrected chi connectivity index (χ0v) is 18.1. The molecule has 1 saturated heterocycles. The minimum absolute atomic E-state index is 0.0895. The highest BCUT2D eigenvalue weighted by molar-refractivity contribution is 7.09. The molecular weight excluding hydrogens is 398 g/mol. The molecule has 2 aromatic heterocycles. The number of anilines is 1. The number of hydrogen-bond acceptors (Lipinski definition) is 6.